The highest BCUT2D eigenvalue weighted by Crippen LogP contribution is 2.28. The van der Waals surface area contributed by atoms with Crippen molar-refractivity contribution in [1.82, 2.24) is 0 Å². The summed E-state index contributed by atoms with van der Waals surface area (Å²) in [6.45, 7) is 2.96. The van der Waals surface area contributed by atoms with Gasteiger partial charge in [-0.2, -0.15) is 0 Å². The molecule has 0 bridgehead atoms. The van der Waals surface area contributed by atoms with Crippen LogP contribution in [0.25, 0.3) is 0 Å². The fourth-order valence-electron chi connectivity index (χ4n) is 2.31. The van der Waals surface area contributed by atoms with Crippen LogP contribution in [0.4, 0.5) is 5.69 Å². The van der Waals surface area contributed by atoms with Crippen LogP contribution >= 0.6 is 0 Å². The van der Waals surface area contributed by atoms with Crippen molar-refractivity contribution in [1.29, 1.82) is 0 Å². The molecule has 1 saturated heterocycles. The van der Waals surface area contributed by atoms with Gasteiger partial charge in [-0.3, -0.25) is 0 Å². The first-order valence-electron chi connectivity index (χ1n) is 6.29. The van der Waals surface area contributed by atoms with Crippen molar-refractivity contribution >= 4 is 15.5 Å². The number of rotatable bonds is 3. The Morgan fingerprint density at radius 1 is 1.39 bits per heavy atom. The molecule has 0 saturated carbocycles. The quantitative estimate of drug-likeness (QED) is 0.902. The lowest BCUT2D eigenvalue weighted by Crippen LogP contribution is -2.38. The lowest BCUT2D eigenvalue weighted by molar-refractivity contribution is 0.154. The predicted molar refractivity (Wildman–Crippen MR) is 71.6 cm³/mol. The molecule has 0 aliphatic carbocycles. The van der Waals surface area contributed by atoms with E-state index in [-0.39, 0.29) is 11.9 Å². The van der Waals surface area contributed by atoms with Crippen LogP contribution in [0.1, 0.15) is 19.8 Å². The highest BCUT2D eigenvalue weighted by molar-refractivity contribution is 7.91. The van der Waals surface area contributed by atoms with Gasteiger partial charge in [0.2, 0.25) is 0 Å². The van der Waals surface area contributed by atoms with Crippen LogP contribution in [-0.4, -0.2) is 38.5 Å². The van der Waals surface area contributed by atoms with E-state index >= 15 is 0 Å². The van der Waals surface area contributed by atoms with E-state index in [2.05, 4.69) is 0 Å². The average molecular weight is 269 g/mol. The first kappa shape index (κ1) is 13.4. The summed E-state index contributed by atoms with van der Waals surface area (Å²) in [5, 5.41) is 9.70. The van der Waals surface area contributed by atoms with Crippen molar-refractivity contribution in [3.05, 3.63) is 24.3 Å². The predicted octanol–water partition coefficient (Wildman–Crippen LogP) is 1.44. The summed E-state index contributed by atoms with van der Waals surface area (Å²) in [5.74, 6) is 0.0976. The smallest absolute Gasteiger partial charge is 0.180 e. The number of piperidine rings is 1. The van der Waals surface area contributed by atoms with Gasteiger partial charge in [-0.15, -0.1) is 0 Å². The standard InChI is InChI=1S/C13H19NO3S/c1-2-18(16,17)13-8-4-3-7-12(13)14-9-5-6-11(15)10-14/h3-4,7-8,11,15H,2,5-6,9-10H2,1H3. The average Bonchev–Trinajstić information content (AvgIpc) is 2.39. The molecule has 100 valence electrons. The fourth-order valence-corrected chi connectivity index (χ4v) is 3.42. The van der Waals surface area contributed by atoms with Crippen LogP contribution in [0.15, 0.2) is 29.2 Å². The number of anilines is 1. The molecule has 0 spiro atoms. The van der Waals surface area contributed by atoms with Crippen molar-refractivity contribution < 1.29 is 13.5 Å². The molecule has 0 amide bonds. The zero-order valence-electron chi connectivity index (χ0n) is 10.5. The summed E-state index contributed by atoms with van der Waals surface area (Å²) in [6.07, 6.45) is 1.32. The third-order valence-electron chi connectivity index (χ3n) is 3.32. The van der Waals surface area contributed by atoms with Crippen LogP contribution in [0.3, 0.4) is 0 Å². The molecule has 1 aliphatic rings. The first-order chi connectivity index (χ1) is 8.54. The normalized spacial score (nSPS) is 21.0. The molecule has 1 N–H and O–H groups in total. The highest BCUT2D eigenvalue weighted by atomic mass is 32.2. The number of para-hydroxylation sites is 1. The van der Waals surface area contributed by atoms with E-state index in [9.17, 15) is 13.5 Å². The Morgan fingerprint density at radius 3 is 2.78 bits per heavy atom. The van der Waals surface area contributed by atoms with E-state index in [1.165, 1.54) is 0 Å². The Hall–Kier alpha value is -1.07. The molecule has 2 rings (SSSR count). The second-order valence-electron chi connectivity index (χ2n) is 4.61. The minimum absolute atomic E-state index is 0.0976. The largest absolute Gasteiger partial charge is 0.391 e. The Labute approximate surface area is 108 Å². The number of hydrogen-bond acceptors (Lipinski definition) is 4. The molecular formula is C13H19NO3S. The third kappa shape index (κ3) is 2.67. The van der Waals surface area contributed by atoms with Crippen LogP contribution in [-0.2, 0) is 9.84 Å². The van der Waals surface area contributed by atoms with Gasteiger partial charge in [0.05, 0.1) is 22.4 Å². The van der Waals surface area contributed by atoms with Gasteiger partial charge in [0.15, 0.2) is 9.84 Å². The van der Waals surface area contributed by atoms with Crippen molar-refractivity contribution in [2.75, 3.05) is 23.7 Å². The molecule has 1 aliphatic heterocycles. The summed E-state index contributed by atoms with van der Waals surface area (Å²) >= 11 is 0. The molecular weight excluding hydrogens is 250 g/mol. The molecule has 0 aromatic heterocycles. The Balaban J connectivity index is 2.39. The Kier molecular flexibility index (Phi) is 3.92. The first-order valence-corrected chi connectivity index (χ1v) is 7.94. The number of β-amino-alcohol motifs (C(OH)–C–C–N with tert-alkyl or cyclic N) is 1. The monoisotopic (exact) mass is 269 g/mol. The maximum Gasteiger partial charge on any atom is 0.180 e. The molecule has 18 heavy (non-hydrogen) atoms. The summed E-state index contributed by atoms with van der Waals surface area (Å²) in [7, 11) is -3.22. The molecule has 1 atom stereocenters. The van der Waals surface area contributed by atoms with Crippen molar-refractivity contribution in [2.45, 2.75) is 30.8 Å². The highest BCUT2D eigenvalue weighted by Gasteiger charge is 2.23. The molecule has 1 heterocycles. The third-order valence-corrected chi connectivity index (χ3v) is 5.09. The SMILES string of the molecule is CCS(=O)(=O)c1ccccc1N1CCCC(O)C1. The zero-order chi connectivity index (χ0) is 13.2. The van der Waals surface area contributed by atoms with Gasteiger partial charge in [0, 0.05) is 13.1 Å². The summed E-state index contributed by atoms with van der Waals surface area (Å²) in [5.41, 5.74) is 0.720. The van der Waals surface area contributed by atoms with Gasteiger partial charge in [-0.05, 0) is 25.0 Å². The van der Waals surface area contributed by atoms with Gasteiger partial charge in [0.25, 0.3) is 0 Å². The van der Waals surface area contributed by atoms with Gasteiger partial charge < -0.3 is 10.0 Å². The van der Waals surface area contributed by atoms with E-state index in [4.69, 9.17) is 0 Å². The minimum atomic E-state index is -3.22. The number of aliphatic hydroxyl groups excluding tert-OH is 1. The maximum atomic E-state index is 12.1. The molecule has 1 fully saturated rings. The lowest BCUT2D eigenvalue weighted by Gasteiger charge is -2.33. The van der Waals surface area contributed by atoms with E-state index in [0.717, 1.165) is 25.1 Å². The van der Waals surface area contributed by atoms with Gasteiger partial charge in [0.1, 0.15) is 0 Å². The summed E-state index contributed by atoms with van der Waals surface area (Å²) in [4.78, 5) is 2.35. The number of sulfone groups is 1. The number of aliphatic hydroxyl groups is 1. The fraction of sp³-hybridized carbons (Fsp3) is 0.538. The second-order valence-corrected chi connectivity index (χ2v) is 6.86. The van der Waals surface area contributed by atoms with E-state index in [1.807, 2.05) is 17.0 Å². The summed E-state index contributed by atoms with van der Waals surface area (Å²) < 4.78 is 24.1. The van der Waals surface area contributed by atoms with Crippen LogP contribution in [0.5, 0.6) is 0 Å². The van der Waals surface area contributed by atoms with Crippen LogP contribution in [0, 0.1) is 0 Å². The van der Waals surface area contributed by atoms with Gasteiger partial charge in [-0.25, -0.2) is 8.42 Å². The molecule has 4 nitrogen and oxygen atoms in total. The summed E-state index contributed by atoms with van der Waals surface area (Å²) in [6, 6.07) is 7.05. The second kappa shape index (κ2) is 5.28. The topological polar surface area (TPSA) is 57.6 Å². The lowest BCUT2D eigenvalue weighted by atomic mass is 10.1. The molecule has 1 unspecified atom stereocenters. The minimum Gasteiger partial charge on any atom is -0.391 e. The van der Waals surface area contributed by atoms with Crippen molar-refractivity contribution in [3.63, 3.8) is 0 Å². The Morgan fingerprint density at radius 2 is 2.11 bits per heavy atom. The van der Waals surface area contributed by atoms with Crippen molar-refractivity contribution in [2.24, 2.45) is 0 Å². The number of hydrogen-bond donors (Lipinski definition) is 1. The maximum absolute atomic E-state index is 12.1. The Bertz CT molecular complexity index is 513. The van der Waals surface area contributed by atoms with E-state index < -0.39 is 9.84 Å². The van der Waals surface area contributed by atoms with Crippen molar-refractivity contribution in [3.8, 4) is 0 Å². The molecule has 1 aromatic rings. The zero-order valence-corrected chi connectivity index (χ0v) is 11.4. The molecule has 0 radical (unpaired) electrons. The van der Waals surface area contributed by atoms with E-state index in [0.29, 0.717) is 11.4 Å². The van der Waals surface area contributed by atoms with Crippen LogP contribution in [0.2, 0.25) is 0 Å². The molecule has 5 heteroatoms. The number of benzene rings is 1. The molecule has 1 aromatic carbocycles. The van der Waals surface area contributed by atoms with E-state index in [1.54, 1.807) is 19.1 Å². The van der Waals surface area contributed by atoms with Gasteiger partial charge >= 0.3 is 0 Å². The van der Waals surface area contributed by atoms with Gasteiger partial charge in [-0.1, -0.05) is 19.1 Å². The number of nitrogens with zero attached hydrogens (tertiary/aromatic N) is 1. The van der Waals surface area contributed by atoms with Crippen LogP contribution < -0.4 is 4.90 Å².